The number of hydrogen-bond acceptors (Lipinski definition) is 3. The van der Waals surface area contributed by atoms with Crippen molar-refractivity contribution in [3.05, 3.63) is 34.3 Å². The summed E-state index contributed by atoms with van der Waals surface area (Å²) in [5.74, 6) is -1.09. The number of rotatable bonds is 2. The monoisotopic (exact) mass is 324 g/mol. The van der Waals surface area contributed by atoms with Crippen molar-refractivity contribution in [1.29, 1.82) is 0 Å². The Kier molecular flexibility index (Phi) is 3.99. The molecule has 6 heteroatoms. The molecule has 2 rings (SSSR count). The third-order valence-corrected chi connectivity index (χ3v) is 3.54. The van der Waals surface area contributed by atoms with Crippen LogP contribution in [0.4, 0.5) is 0 Å². The Morgan fingerprint density at radius 3 is 2.63 bits per heavy atom. The van der Waals surface area contributed by atoms with E-state index < -0.39 is 17.9 Å². The zero-order chi connectivity index (χ0) is 14.0. The van der Waals surface area contributed by atoms with E-state index in [2.05, 4.69) is 21.2 Å². The number of piperazine rings is 1. The maximum atomic E-state index is 12.1. The maximum Gasteiger partial charge on any atom is 0.249 e. The number of nitrogens with one attached hydrogen (secondary N) is 1. The second kappa shape index (κ2) is 5.52. The van der Waals surface area contributed by atoms with Gasteiger partial charge in [-0.15, -0.1) is 0 Å². The molecular weight excluding hydrogens is 312 g/mol. The fraction of sp³-hybridized carbons (Fsp3) is 0.308. The van der Waals surface area contributed by atoms with E-state index in [9.17, 15) is 14.4 Å². The molecule has 19 heavy (non-hydrogen) atoms. The molecule has 0 spiro atoms. The number of nitrogens with zero attached hydrogens (tertiary/aromatic N) is 1. The summed E-state index contributed by atoms with van der Waals surface area (Å²) in [7, 11) is 0. The van der Waals surface area contributed by atoms with Crippen LogP contribution in [-0.4, -0.2) is 35.2 Å². The van der Waals surface area contributed by atoms with Crippen molar-refractivity contribution in [2.75, 3.05) is 6.54 Å². The van der Waals surface area contributed by atoms with Gasteiger partial charge in [0.15, 0.2) is 0 Å². The molecule has 1 aromatic rings. The van der Waals surface area contributed by atoms with E-state index in [4.69, 9.17) is 0 Å². The molecule has 5 nitrogen and oxygen atoms in total. The lowest BCUT2D eigenvalue weighted by molar-refractivity contribution is -0.149. The molecule has 1 saturated heterocycles. The van der Waals surface area contributed by atoms with Crippen LogP contribution in [0.25, 0.3) is 0 Å². The SMILES string of the molecule is CC1C(=O)NC(=O)CN1C(=O)Cc1ccc(Br)cc1. The summed E-state index contributed by atoms with van der Waals surface area (Å²) < 4.78 is 0.935. The summed E-state index contributed by atoms with van der Waals surface area (Å²) in [6.07, 6.45) is 0.179. The summed E-state index contributed by atoms with van der Waals surface area (Å²) >= 11 is 3.32. The van der Waals surface area contributed by atoms with Crippen LogP contribution in [0.3, 0.4) is 0 Å². The highest BCUT2D eigenvalue weighted by atomic mass is 79.9. The average Bonchev–Trinajstić information content (AvgIpc) is 2.36. The Balaban J connectivity index is 2.08. The van der Waals surface area contributed by atoms with Gasteiger partial charge in [-0.25, -0.2) is 0 Å². The van der Waals surface area contributed by atoms with E-state index in [0.29, 0.717) is 0 Å². The number of carbonyl (C=O) groups is 3. The molecule has 1 unspecified atom stereocenters. The molecule has 1 fully saturated rings. The van der Waals surface area contributed by atoms with Crippen LogP contribution in [0.5, 0.6) is 0 Å². The van der Waals surface area contributed by atoms with Crippen molar-refractivity contribution in [1.82, 2.24) is 10.2 Å². The smallest absolute Gasteiger partial charge is 0.249 e. The predicted molar refractivity (Wildman–Crippen MR) is 72.2 cm³/mol. The van der Waals surface area contributed by atoms with Crippen molar-refractivity contribution >= 4 is 33.7 Å². The molecule has 1 aromatic carbocycles. The van der Waals surface area contributed by atoms with E-state index in [0.717, 1.165) is 10.0 Å². The first-order valence-electron chi connectivity index (χ1n) is 5.85. The second-order valence-corrected chi connectivity index (χ2v) is 5.33. The van der Waals surface area contributed by atoms with Gasteiger partial charge in [0.1, 0.15) is 12.6 Å². The van der Waals surface area contributed by atoms with Crippen LogP contribution in [0.2, 0.25) is 0 Å². The van der Waals surface area contributed by atoms with E-state index in [1.807, 2.05) is 24.3 Å². The zero-order valence-corrected chi connectivity index (χ0v) is 11.9. The largest absolute Gasteiger partial charge is 0.321 e. The Morgan fingerprint density at radius 2 is 2.00 bits per heavy atom. The molecule has 0 saturated carbocycles. The normalized spacial score (nSPS) is 19.3. The minimum absolute atomic E-state index is 0.0672. The van der Waals surface area contributed by atoms with Gasteiger partial charge < -0.3 is 4.90 Å². The number of carbonyl (C=O) groups excluding carboxylic acids is 3. The number of imide groups is 1. The number of hydrogen-bond donors (Lipinski definition) is 1. The first-order chi connectivity index (χ1) is 8.97. The molecule has 0 radical (unpaired) electrons. The lowest BCUT2D eigenvalue weighted by Gasteiger charge is -2.31. The molecule has 1 aliphatic heterocycles. The molecule has 1 atom stereocenters. The van der Waals surface area contributed by atoms with E-state index in [1.165, 1.54) is 4.90 Å². The van der Waals surface area contributed by atoms with Gasteiger partial charge in [-0.05, 0) is 24.6 Å². The fourth-order valence-electron chi connectivity index (χ4n) is 1.90. The number of halogens is 1. The summed E-state index contributed by atoms with van der Waals surface area (Å²) in [6, 6.07) is 6.75. The third-order valence-electron chi connectivity index (χ3n) is 3.01. The van der Waals surface area contributed by atoms with Gasteiger partial charge in [0, 0.05) is 4.47 Å². The molecule has 100 valence electrons. The van der Waals surface area contributed by atoms with Crippen LogP contribution in [0.1, 0.15) is 12.5 Å². The summed E-state index contributed by atoms with van der Waals surface area (Å²) in [5.41, 5.74) is 0.846. The Bertz CT molecular complexity index is 527. The van der Waals surface area contributed by atoms with Crippen LogP contribution in [-0.2, 0) is 20.8 Å². The molecule has 0 aliphatic carbocycles. The van der Waals surface area contributed by atoms with E-state index in [1.54, 1.807) is 6.92 Å². The average molecular weight is 325 g/mol. The minimum Gasteiger partial charge on any atom is -0.321 e. The lowest BCUT2D eigenvalue weighted by atomic mass is 10.1. The summed E-state index contributed by atoms with van der Waals surface area (Å²) in [6.45, 7) is 1.55. The number of benzene rings is 1. The predicted octanol–water partition coefficient (Wildman–Crippen LogP) is 0.865. The van der Waals surface area contributed by atoms with Crippen LogP contribution < -0.4 is 5.32 Å². The minimum atomic E-state index is -0.611. The van der Waals surface area contributed by atoms with Crippen LogP contribution in [0, 0.1) is 0 Å². The zero-order valence-electron chi connectivity index (χ0n) is 10.4. The molecular formula is C13H13BrN2O3. The molecule has 0 bridgehead atoms. The molecule has 0 aromatic heterocycles. The maximum absolute atomic E-state index is 12.1. The lowest BCUT2D eigenvalue weighted by Crippen LogP contribution is -2.58. The highest BCUT2D eigenvalue weighted by molar-refractivity contribution is 9.10. The highest BCUT2D eigenvalue weighted by Crippen LogP contribution is 2.13. The summed E-state index contributed by atoms with van der Waals surface area (Å²) in [4.78, 5) is 36.2. The van der Waals surface area contributed by atoms with Gasteiger partial charge in [-0.3, -0.25) is 19.7 Å². The molecule has 3 amide bonds. The highest BCUT2D eigenvalue weighted by Gasteiger charge is 2.33. The Morgan fingerprint density at radius 1 is 1.37 bits per heavy atom. The van der Waals surface area contributed by atoms with E-state index in [-0.39, 0.29) is 18.9 Å². The van der Waals surface area contributed by atoms with Gasteiger partial charge >= 0.3 is 0 Å². The molecule has 1 aliphatic rings. The summed E-state index contributed by atoms with van der Waals surface area (Å²) in [5, 5.41) is 2.21. The van der Waals surface area contributed by atoms with Gasteiger partial charge in [0.25, 0.3) is 0 Å². The first-order valence-corrected chi connectivity index (χ1v) is 6.64. The van der Waals surface area contributed by atoms with Gasteiger partial charge in [0.2, 0.25) is 17.7 Å². The van der Waals surface area contributed by atoms with Crippen LogP contribution in [0.15, 0.2) is 28.7 Å². The molecule has 1 heterocycles. The quantitative estimate of drug-likeness (QED) is 0.821. The van der Waals surface area contributed by atoms with Crippen molar-refractivity contribution in [2.45, 2.75) is 19.4 Å². The van der Waals surface area contributed by atoms with Crippen LogP contribution >= 0.6 is 15.9 Å². The first kappa shape index (κ1) is 13.7. The van der Waals surface area contributed by atoms with Crippen molar-refractivity contribution in [3.8, 4) is 0 Å². The van der Waals surface area contributed by atoms with Gasteiger partial charge in [0.05, 0.1) is 6.42 Å². The second-order valence-electron chi connectivity index (χ2n) is 4.41. The van der Waals surface area contributed by atoms with Crippen molar-refractivity contribution in [2.24, 2.45) is 0 Å². The topological polar surface area (TPSA) is 66.5 Å². The molecule has 1 N–H and O–H groups in total. The number of amides is 3. The van der Waals surface area contributed by atoms with Crippen molar-refractivity contribution in [3.63, 3.8) is 0 Å². The third kappa shape index (κ3) is 3.20. The fourth-order valence-corrected chi connectivity index (χ4v) is 2.16. The van der Waals surface area contributed by atoms with E-state index >= 15 is 0 Å². The Labute approximate surface area is 119 Å². The standard InChI is InChI=1S/C13H13BrN2O3/c1-8-13(19)15-11(17)7-16(8)12(18)6-9-2-4-10(14)5-3-9/h2-5,8H,6-7H2,1H3,(H,15,17,19). The Hall–Kier alpha value is -1.69. The van der Waals surface area contributed by atoms with Gasteiger partial charge in [-0.2, -0.15) is 0 Å². The van der Waals surface area contributed by atoms with Crippen molar-refractivity contribution < 1.29 is 14.4 Å². The van der Waals surface area contributed by atoms with Gasteiger partial charge in [-0.1, -0.05) is 28.1 Å².